The quantitative estimate of drug-likeness (QED) is 0.452. The molecule has 10 heavy (non-hydrogen) atoms. The van der Waals surface area contributed by atoms with Crippen molar-refractivity contribution in [2.75, 3.05) is 0 Å². The minimum atomic E-state index is -0.982. The monoisotopic (exact) mass is 156 g/mol. The van der Waals surface area contributed by atoms with E-state index >= 15 is 0 Å². The van der Waals surface area contributed by atoms with E-state index in [1.165, 1.54) is 12.3 Å². The molecular weight excluding hydrogens is 140 g/mol. The zero-order chi connectivity index (χ0) is 7.83. The van der Waals surface area contributed by atoms with Crippen molar-refractivity contribution in [1.29, 1.82) is 0 Å². The van der Waals surface area contributed by atoms with Gasteiger partial charge in [-0.05, 0) is 18.9 Å². The zero-order valence-corrected chi connectivity index (χ0v) is 8.11. The summed E-state index contributed by atoms with van der Waals surface area (Å²) in [6.45, 7) is 6.99. The highest BCUT2D eigenvalue weighted by molar-refractivity contribution is 6.76. The third-order valence-corrected chi connectivity index (χ3v) is 3.79. The summed E-state index contributed by atoms with van der Waals surface area (Å²) in [5.41, 5.74) is 0.157. The van der Waals surface area contributed by atoms with Crippen molar-refractivity contribution in [3.63, 3.8) is 0 Å². The van der Waals surface area contributed by atoms with Crippen molar-refractivity contribution in [3.8, 4) is 0 Å². The van der Waals surface area contributed by atoms with Crippen LogP contribution in [0.3, 0.4) is 0 Å². The van der Waals surface area contributed by atoms with Crippen molar-refractivity contribution in [2.24, 2.45) is 5.41 Å². The number of carbonyl (C=O) groups is 1. The first-order valence-corrected chi connectivity index (χ1v) is 7.65. The summed E-state index contributed by atoms with van der Waals surface area (Å²) in [6.07, 6.45) is 3.49. The molecule has 2 heteroatoms. The third kappa shape index (κ3) is 1.94. The third-order valence-electron chi connectivity index (χ3n) is 2.02. The van der Waals surface area contributed by atoms with Crippen LogP contribution in [0.2, 0.25) is 25.7 Å². The lowest BCUT2D eigenvalue weighted by atomic mass is 10.2. The molecule has 1 fully saturated rings. The lowest BCUT2D eigenvalue weighted by Gasteiger charge is -2.19. The fraction of sp³-hybridized carbons (Fsp3) is 0.875. The van der Waals surface area contributed by atoms with E-state index in [1.54, 1.807) is 0 Å². The molecule has 0 saturated heterocycles. The standard InChI is InChI=1S/C8H16OSi/c1-10(2,3)7-8(6-9)4-5-8/h6H,4-5,7H2,1-3H3. The van der Waals surface area contributed by atoms with E-state index in [9.17, 15) is 4.79 Å². The molecule has 0 aromatic carbocycles. The van der Waals surface area contributed by atoms with Gasteiger partial charge in [0.1, 0.15) is 6.29 Å². The van der Waals surface area contributed by atoms with Crippen molar-refractivity contribution in [3.05, 3.63) is 0 Å². The van der Waals surface area contributed by atoms with Crippen molar-refractivity contribution >= 4 is 14.4 Å². The SMILES string of the molecule is C[Si](C)(C)CC1(C=O)CC1. The fourth-order valence-corrected chi connectivity index (χ4v) is 4.10. The lowest BCUT2D eigenvalue weighted by Crippen LogP contribution is -2.25. The van der Waals surface area contributed by atoms with Gasteiger partial charge in [0, 0.05) is 13.5 Å². The van der Waals surface area contributed by atoms with Gasteiger partial charge in [-0.2, -0.15) is 0 Å². The molecule has 1 aliphatic carbocycles. The summed E-state index contributed by atoms with van der Waals surface area (Å²) in [7, 11) is -0.982. The molecular formula is C8H16OSi. The Kier molecular flexibility index (Phi) is 1.75. The van der Waals surface area contributed by atoms with Gasteiger partial charge < -0.3 is 4.79 Å². The molecule has 0 atom stereocenters. The maximum Gasteiger partial charge on any atom is 0.125 e. The number of aldehydes is 1. The predicted molar refractivity (Wildman–Crippen MR) is 45.9 cm³/mol. The van der Waals surface area contributed by atoms with Gasteiger partial charge >= 0.3 is 0 Å². The zero-order valence-electron chi connectivity index (χ0n) is 7.11. The van der Waals surface area contributed by atoms with E-state index in [0.29, 0.717) is 0 Å². The largest absolute Gasteiger partial charge is 0.303 e. The van der Waals surface area contributed by atoms with Gasteiger partial charge in [0.2, 0.25) is 0 Å². The van der Waals surface area contributed by atoms with Gasteiger partial charge in [-0.15, -0.1) is 0 Å². The first-order chi connectivity index (χ1) is 4.47. The average molecular weight is 156 g/mol. The molecule has 58 valence electrons. The van der Waals surface area contributed by atoms with E-state index in [2.05, 4.69) is 19.6 Å². The Hall–Kier alpha value is -0.113. The molecule has 0 aliphatic heterocycles. The summed E-state index contributed by atoms with van der Waals surface area (Å²) in [5, 5.41) is 0. The second kappa shape index (κ2) is 2.19. The van der Waals surface area contributed by atoms with E-state index < -0.39 is 8.07 Å². The maximum absolute atomic E-state index is 10.6. The van der Waals surface area contributed by atoms with Crippen LogP contribution >= 0.6 is 0 Å². The van der Waals surface area contributed by atoms with Gasteiger partial charge in [-0.3, -0.25) is 0 Å². The Bertz CT molecular complexity index is 142. The molecule has 0 aromatic rings. The van der Waals surface area contributed by atoms with Crippen molar-refractivity contribution in [2.45, 2.75) is 38.5 Å². The summed E-state index contributed by atoms with van der Waals surface area (Å²) in [4.78, 5) is 10.6. The van der Waals surface area contributed by atoms with Crippen LogP contribution in [0.15, 0.2) is 0 Å². The first kappa shape index (κ1) is 7.99. The highest BCUT2D eigenvalue weighted by atomic mass is 28.3. The van der Waals surface area contributed by atoms with Crippen molar-refractivity contribution in [1.82, 2.24) is 0 Å². The molecule has 0 amide bonds. The highest BCUT2D eigenvalue weighted by Crippen LogP contribution is 2.49. The van der Waals surface area contributed by atoms with E-state index in [1.807, 2.05) is 0 Å². The molecule has 1 aliphatic rings. The summed E-state index contributed by atoms with van der Waals surface area (Å²) < 4.78 is 0. The number of carbonyl (C=O) groups excluding carboxylic acids is 1. The molecule has 1 saturated carbocycles. The normalized spacial score (nSPS) is 22.3. The van der Waals surface area contributed by atoms with Crippen LogP contribution in [0.1, 0.15) is 12.8 Å². The Balaban J connectivity index is 2.45. The first-order valence-electron chi connectivity index (χ1n) is 3.94. The molecule has 1 rings (SSSR count). The van der Waals surface area contributed by atoms with Crippen LogP contribution in [-0.2, 0) is 4.79 Å². The van der Waals surface area contributed by atoms with Crippen LogP contribution in [0, 0.1) is 5.41 Å². The summed E-state index contributed by atoms with van der Waals surface area (Å²) >= 11 is 0. The van der Waals surface area contributed by atoms with E-state index in [0.717, 1.165) is 12.8 Å². The predicted octanol–water partition coefficient (Wildman–Crippen LogP) is 2.30. The summed E-state index contributed by atoms with van der Waals surface area (Å²) in [5.74, 6) is 0. The Morgan fingerprint density at radius 2 is 1.90 bits per heavy atom. The van der Waals surface area contributed by atoms with Crippen LogP contribution in [0.4, 0.5) is 0 Å². The average Bonchev–Trinajstić information content (AvgIpc) is 2.45. The number of rotatable bonds is 3. The Morgan fingerprint density at radius 3 is 2.00 bits per heavy atom. The fourth-order valence-electron chi connectivity index (χ4n) is 1.55. The minimum absolute atomic E-state index is 0.157. The van der Waals surface area contributed by atoms with Gasteiger partial charge in [0.15, 0.2) is 0 Å². The van der Waals surface area contributed by atoms with Gasteiger partial charge in [-0.25, -0.2) is 0 Å². The summed E-state index contributed by atoms with van der Waals surface area (Å²) in [6, 6.07) is 1.20. The molecule has 0 spiro atoms. The minimum Gasteiger partial charge on any atom is -0.303 e. The maximum atomic E-state index is 10.6. The highest BCUT2D eigenvalue weighted by Gasteiger charge is 2.45. The second-order valence-corrected chi connectivity index (χ2v) is 10.2. The van der Waals surface area contributed by atoms with Gasteiger partial charge in [0.25, 0.3) is 0 Å². The Morgan fingerprint density at radius 1 is 1.40 bits per heavy atom. The van der Waals surface area contributed by atoms with Crippen LogP contribution in [-0.4, -0.2) is 14.4 Å². The number of hydrogen-bond donors (Lipinski definition) is 0. The topological polar surface area (TPSA) is 17.1 Å². The van der Waals surface area contributed by atoms with Crippen LogP contribution < -0.4 is 0 Å². The molecule has 0 radical (unpaired) electrons. The van der Waals surface area contributed by atoms with E-state index in [4.69, 9.17) is 0 Å². The Labute approximate surface area is 63.8 Å². The molecule has 0 bridgehead atoms. The van der Waals surface area contributed by atoms with Crippen LogP contribution in [0.5, 0.6) is 0 Å². The van der Waals surface area contributed by atoms with Crippen molar-refractivity contribution < 1.29 is 4.79 Å². The molecule has 0 aromatic heterocycles. The van der Waals surface area contributed by atoms with E-state index in [-0.39, 0.29) is 5.41 Å². The molecule has 0 N–H and O–H groups in total. The number of hydrogen-bond acceptors (Lipinski definition) is 1. The molecule has 0 heterocycles. The molecule has 1 nitrogen and oxygen atoms in total. The van der Waals surface area contributed by atoms with Gasteiger partial charge in [-0.1, -0.05) is 19.6 Å². The second-order valence-electron chi connectivity index (χ2n) is 4.72. The van der Waals surface area contributed by atoms with Gasteiger partial charge in [0.05, 0.1) is 0 Å². The smallest absolute Gasteiger partial charge is 0.125 e. The molecule has 0 unspecified atom stereocenters. The lowest BCUT2D eigenvalue weighted by molar-refractivity contribution is -0.111. The van der Waals surface area contributed by atoms with Crippen LogP contribution in [0.25, 0.3) is 0 Å².